The summed E-state index contributed by atoms with van der Waals surface area (Å²) in [6, 6.07) is 5.80. The van der Waals surface area contributed by atoms with Crippen LogP contribution < -0.4 is 10.9 Å². The largest absolute Gasteiger partial charge is 0.368 e. The lowest BCUT2D eigenvalue weighted by molar-refractivity contribution is 0.287. The fourth-order valence-corrected chi connectivity index (χ4v) is 3.91. The standard InChI is InChI=1S/C15H21N2O4P/c1-6-13-14(22(19,20-4)21-5)15(18)17(16-13)12-8-10(2)7-11(3)9-12/h7-9,16H,6H2,1-5H3. The highest BCUT2D eigenvalue weighted by atomic mass is 31.2. The van der Waals surface area contributed by atoms with Gasteiger partial charge in [-0.1, -0.05) is 13.0 Å². The number of rotatable bonds is 5. The second-order valence-electron chi connectivity index (χ2n) is 5.14. The van der Waals surface area contributed by atoms with Gasteiger partial charge in [0.25, 0.3) is 5.56 Å². The number of nitrogens with one attached hydrogen (secondary N) is 1. The molecule has 6 nitrogen and oxygen atoms in total. The molecule has 0 unspecified atom stereocenters. The third kappa shape index (κ3) is 2.82. The molecule has 120 valence electrons. The minimum Gasteiger partial charge on any atom is -0.308 e. The van der Waals surface area contributed by atoms with Crippen LogP contribution in [0.2, 0.25) is 0 Å². The summed E-state index contributed by atoms with van der Waals surface area (Å²) >= 11 is 0. The Morgan fingerprint density at radius 2 is 1.68 bits per heavy atom. The number of aromatic nitrogens is 2. The molecule has 0 saturated heterocycles. The summed E-state index contributed by atoms with van der Waals surface area (Å²) in [6.07, 6.45) is 0.513. The van der Waals surface area contributed by atoms with Crippen LogP contribution in [-0.2, 0) is 20.0 Å². The zero-order valence-electron chi connectivity index (χ0n) is 13.5. The van der Waals surface area contributed by atoms with E-state index in [0.29, 0.717) is 17.8 Å². The molecule has 0 bridgehead atoms. The first-order valence-electron chi connectivity index (χ1n) is 7.01. The Morgan fingerprint density at radius 1 is 1.14 bits per heavy atom. The molecule has 0 saturated carbocycles. The van der Waals surface area contributed by atoms with Crippen molar-refractivity contribution in [1.82, 2.24) is 9.78 Å². The van der Waals surface area contributed by atoms with Crippen LogP contribution in [0.25, 0.3) is 5.69 Å². The second kappa shape index (κ2) is 6.24. The minimum atomic E-state index is -3.61. The highest BCUT2D eigenvalue weighted by Crippen LogP contribution is 2.44. The molecule has 1 N–H and O–H groups in total. The fraction of sp³-hybridized carbons (Fsp3) is 0.400. The predicted molar refractivity (Wildman–Crippen MR) is 86.5 cm³/mol. The lowest BCUT2D eigenvalue weighted by Gasteiger charge is -2.11. The summed E-state index contributed by atoms with van der Waals surface area (Å²) in [5.41, 5.74) is 2.92. The van der Waals surface area contributed by atoms with Crippen LogP contribution >= 0.6 is 7.60 Å². The summed E-state index contributed by atoms with van der Waals surface area (Å²) in [5, 5.41) is 3.09. The van der Waals surface area contributed by atoms with Gasteiger partial charge in [0.2, 0.25) is 0 Å². The molecule has 22 heavy (non-hydrogen) atoms. The van der Waals surface area contributed by atoms with Gasteiger partial charge in [-0.15, -0.1) is 0 Å². The van der Waals surface area contributed by atoms with Gasteiger partial charge in [0.05, 0.1) is 11.4 Å². The summed E-state index contributed by atoms with van der Waals surface area (Å²) in [4.78, 5) is 12.7. The molecule has 1 aromatic heterocycles. The number of aromatic amines is 1. The van der Waals surface area contributed by atoms with Crippen molar-refractivity contribution >= 4 is 12.9 Å². The number of hydrogen-bond donors (Lipinski definition) is 1. The maximum atomic E-state index is 12.7. The third-order valence-corrected chi connectivity index (χ3v) is 5.48. The van der Waals surface area contributed by atoms with E-state index in [4.69, 9.17) is 9.05 Å². The van der Waals surface area contributed by atoms with Crippen molar-refractivity contribution in [2.24, 2.45) is 0 Å². The summed E-state index contributed by atoms with van der Waals surface area (Å²) in [5.74, 6) is 0. The van der Waals surface area contributed by atoms with Crippen molar-refractivity contribution in [3.63, 3.8) is 0 Å². The lowest BCUT2D eigenvalue weighted by Crippen LogP contribution is -2.29. The minimum absolute atomic E-state index is 0.0687. The van der Waals surface area contributed by atoms with Gasteiger partial charge in [0, 0.05) is 14.2 Å². The molecule has 2 rings (SSSR count). The Labute approximate surface area is 129 Å². The highest BCUT2D eigenvalue weighted by Gasteiger charge is 2.34. The monoisotopic (exact) mass is 324 g/mol. The van der Waals surface area contributed by atoms with Crippen molar-refractivity contribution < 1.29 is 13.6 Å². The molecule has 2 aromatic rings. The van der Waals surface area contributed by atoms with E-state index in [9.17, 15) is 9.36 Å². The Kier molecular flexibility index (Phi) is 4.75. The predicted octanol–water partition coefficient (Wildman–Crippen LogP) is 2.46. The van der Waals surface area contributed by atoms with Gasteiger partial charge in [-0.25, -0.2) is 4.68 Å². The number of H-pyrrole nitrogens is 1. The molecule has 7 heteroatoms. The van der Waals surface area contributed by atoms with Crippen LogP contribution in [0.4, 0.5) is 0 Å². The fourth-order valence-electron chi connectivity index (χ4n) is 2.52. The van der Waals surface area contributed by atoms with Crippen LogP contribution in [0.3, 0.4) is 0 Å². The molecule has 0 amide bonds. The van der Waals surface area contributed by atoms with E-state index in [1.54, 1.807) is 0 Å². The van der Waals surface area contributed by atoms with Gasteiger partial charge >= 0.3 is 7.60 Å². The van der Waals surface area contributed by atoms with Crippen molar-refractivity contribution in [3.05, 3.63) is 45.4 Å². The van der Waals surface area contributed by atoms with E-state index in [-0.39, 0.29) is 5.30 Å². The van der Waals surface area contributed by atoms with Crippen LogP contribution in [0.15, 0.2) is 23.0 Å². The maximum Gasteiger partial charge on any atom is 0.368 e. The van der Waals surface area contributed by atoms with E-state index in [1.807, 2.05) is 39.0 Å². The molecule has 0 aliphatic carbocycles. The van der Waals surface area contributed by atoms with Gasteiger partial charge in [-0.05, 0) is 43.5 Å². The summed E-state index contributed by atoms with van der Waals surface area (Å²) in [7, 11) is -1.06. The molecule has 0 radical (unpaired) electrons. The van der Waals surface area contributed by atoms with Crippen LogP contribution in [-0.4, -0.2) is 24.0 Å². The average molecular weight is 324 g/mol. The number of nitrogens with zero attached hydrogens (tertiary/aromatic N) is 1. The maximum absolute atomic E-state index is 12.7. The van der Waals surface area contributed by atoms with Crippen LogP contribution in [0.5, 0.6) is 0 Å². The normalized spacial score (nSPS) is 11.9. The zero-order chi connectivity index (χ0) is 16.5. The van der Waals surface area contributed by atoms with Gasteiger partial charge in [0.1, 0.15) is 0 Å². The Hall–Kier alpha value is -1.62. The number of benzene rings is 1. The topological polar surface area (TPSA) is 73.3 Å². The van der Waals surface area contributed by atoms with Gasteiger partial charge < -0.3 is 9.05 Å². The average Bonchev–Trinajstić information content (AvgIpc) is 2.83. The van der Waals surface area contributed by atoms with Gasteiger partial charge in [-0.2, -0.15) is 0 Å². The SMILES string of the molecule is CCc1[nH]n(-c2cc(C)cc(C)c2)c(=O)c1P(=O)(OC)OC. The van der Waals surface area contributed by atoms with Crippen molar-refractivity contribution in [1.29, 1.82) is 0 Å². The molecule has 0 spiro atoms. The summed E-state index contributed by atoms with van der Waals surface area (Å²) in [6.45, 7) is 5.79. The smallest absolute Gasteiger partial charge is 0.308 e. The van der Waals surface area contributed by atoms with E-state index in [2.05, 4.69) is 5.10 Å². The summed E-state index contributed by atoms with van der Waals surface area (Å²) < 4.78 is 24.0. The second-order valence-corrected chi connectivity index (χ2v) is 7.31. The molecule has 1 aromatic carbocycles. The van der Waals surface area contributed by atoms with Crippen molar-refractivity contribution in [3.8, 4) is 5.69 Å². The first-order valence-corrected chi connectivity index (χ1v) is 8.55. The molecule has 0 atom stereocenters. The lowest BCUT2D eigenvalue weighted by atomic mass is 10.1. The first kappa shape index (κ1) is 16.7. The van der Waals surface area contributed by atoms with Gasteiger partial charge in [-0.3, -0.25) is 14.5 Å². The van der Waals surface area contributed by atoms with E-state index >= 15 is 0 Å². The quantitative estimate of drug-likeness (QED) is 0.858. The first-order chi connectivity index (χ1) is 10.4. The molecule has 0 aliphatic heterocycles. The Bertz CT molecular complexity index is 763. The zero-order valence-corrected chi connectivity index (χ0v) is 14.4. The van der Waals surface area contributed by atoms with E-state index < -0.39 is 13.2 Å². The van der Waals surface area contributed by atoms with Gasteiger partial charge in [0.15, 0.2) is 5.30 Å². The number of hydrogen-bond acceptors (Lipinski definition) is 4. The Morgan fingerprint density at radius 3 is 2.14 bits per heavy atom. The van der Waals surface area contributed by atoms with E-state index in [0.717, 1.165) is 11.1 Å². The molecule has 1 heterocycles. The number of aryl methyl sites for hydroxylation is 3. The Balaban J connectivity index is 2.73. The van der Waals surface area contributed by atoms with Crippen LogP contribution in [0.1, 0.15) is 23.7 Å². The highest BCUT2D eigenvalue weighted by molar-refractivity contribution is 7.62. The van der Waals surface area contributed by atoms with Crippen molar-refractivity contribution in [2.75, 3.05) is 14.2 Å². The van der Waals surface area contributed by atoms with Crippen molar-refractivity contribution in [2.45, 2.75) is 27.2 Å². The third-order valence-electron chi connectivity index (χ3n) is 3.51. The molecular formula is C15H21N2O4P. The molecule has 0 fully saturated rings. The van der Waals surface area contributed by atoms with Crippen LogP contribution in [0, 0.1) is 13.8 Å². The van der Waals surface area contributed by atoms with E-state index in [1.165, 1.54) is 18.9 Å². The molecule has 0 aliphatic rings. The molecular weight excluding hydrogens is 303 g/mol.